The average Bonchev–Trinajstić information content (AvgIpc) is 2.19. The first kappa shape index (κ1) is 12.7. The molecule has 1 rings (SSSR count). The zero-order valence-corrected chi connectivity index (χ0v) is 9.67. The predicted octanol–water partition coefficient (Wildman–Crippen LogP) is 3.81. The lowest BCUT2D eigenvalue weighted by Crippen LogP contribution is -2.06. The molecule has 0 atom stereocenters. The lowest BCUT2D eigenvalue weighted by Gasteiger charge is -2.17. The Morgan fingerprint density at radius 3 is 2.44 bits per heavy atom. The van der Waals surface area contributed by atoms with Crippen LogP contribution in [0.1, 0.15) is 32.3 Å². The number of alkyl halides is 2. The van der Waals surface area contributed by atoms with Gasteiger partial charge in [-0.05, 0) is 18.9 Å². The number of para-hydroxylation sites is 1. The van der Waals surface area contributed by atoms with Crippen molar-refractivity contribution in [2.45, 2.75) is 33.3 Å². The number of ether oxygens (including phenoxy) is 2. The van der Waals surface area contributed by atoms with E-state index in [-0.39, 0.29) is 11.7 Å². The Bertz CT molecular complexity index is 338. The van der Waals surface area contributed by atoms with Crippen LogP contribution in [-0.2, 0) is 0 Å². The third-order valence-corrected chi connectivity index (χ3v) is 2.14. The summed E-state index contributed by atoms with van der Waals surface area (Å²) in [7, 11) is 0. The minimum absolute atomic E-state index is 0.100. The maximum Gasteiger partial charge on any atom is 0.387 e. The summed E-state index contributed by atoms with van der Waals surface area (Å²) in [4.78, 5) is 0. The van der Waals surface area contributed by atoms with Gasteiger partial charge in [0.2, 0.25) is 0 Å². The van der Waals surface area contributed by atoms with Gasteiger partial charge < -0.3 is 9.47 Å². The summed E-state index contributed by atoms with van der Waals surface area (Å²) in [6.07, 6.45) is 0. The molecule has 0 N–H and O–H groups in total. The summed E-state index contributed by atoms with van der Waals surface area (Å²) < 4.78 is 34.2. The van der Waals surface area contributed by atoms with E-state index in [0.29, 0.717) is 12.4 Å². The molecule has 4 heteroatoms. The second kappa shape index (κ2) is 5.68. The molecule has 0 saturated heterocycles. The van der Waals surface area contributed by atoms with Crippen LogP contribution in [0.5, 0.6) is 11.5 Å². The lowest BCUT2D eigenvalue weighted by atomic mass is 10.0. The SMILES string of the molecule is CCOc1c(OC(F)F)cccc1C(C)C. The molecule has 0 aliphatic rings. The van der Waals surface area contributed by atoms with Crippen molar-refractivity contribution in [3.05, 3.63) is 23.8 Å². The zero-order valence-electron chi connectivity index (χ0n) is 9.67. The molecule has 0 saturated carbocycles. The Kier molecular flexibility index (Phi) is 4.52. The molecule has 0 bridgehead atoms. The van der Waals surface area contributed by atoms with E-state index in [1.54, 1.807) is 6.07 Å². The highest BCUT2D eigenvalue weighted by molar-refractivity contribution is 5.48. The van der Waals surface area contributed by atoms with Gasteiger partial charge in [0.05, 0.1) is 6.61 Å². The zero-order chi connectivity index (χ0) is 12.1. The number of rotatable bonds is 5. The highest BCUT2D eigenvalue weighted by Gasteiger charge is 2.16. The van der Waals surface area contributed by atoms with Crippen molar-refractivity contribution in [3.8, 4) is 11.5 Å². The minimum Gasteiger partial charge on any atom is -0.490 e. The van der Waals surface area contributed by atoms with Crippen LogP contribution in [0.3, 0.4) is 0 Å². The third-order valence-electron chi connectivity index (χ3n) is 2.14. The van der Waals surface area contributed by atoms with Crippen molar-refractivity contribution < 1.29 is 18.3 Å². The van der Waals surface area contributed by atoms with Crippen LogP contribution in [-0.4, -0.2) is 13.2 Å². The van der Waals surface area contributed by atoms with Gasteiger partial charge in [0, 0.05) is 5.56 Å². The van der Waals surface area contributed by atoms with E-state index in [1.165, 1.54) is 6.07 Å². The summed E-state index contributed by atoms with van der Waals surface area (Å²) >= 11 is 0. The van der Waals surface area contributed by atoms with Crippen LogP contribution < -0.4 is 9.47 Å². The van der Waals surface area contributed by atoms with Gasteiger partial charge in [-0.15, -0.1) is 0 Å². The van der Waals surface area contributed by atoms with Crippen LogP contribution in [0.25, 0.3) is 0 Å². The fourth-order valence-corrected chi connectivity index (χ4v) is 1.48. The summed E-state index contributed by atoms with van der Waals surface area (Å²) in [6, 6.07) is 5.03. The lowest BCUT2D eigenvalue weighted by molar-refractivity contribution is -0.0515. The summed E-state index contributed by atoms with van der Waals surface area (Å²) in [5.74, 6) is 0.714. The molecule has 0 unspecified atom stereocenters. The first-order valence-corrected chi connectivity index (χ1v) is 5.26. The number of hydrogen-bond acceptors (Lipinski definition) is 2. The molecule has 90 valence electrons. The molecule has 0 aromatic heterocycles. The van der Waals surface area contributed by atoms with E-state index in [1.807, 2.05) is 26.8 Å². The van der Waals surface area contributed by atoms with Gasteiger partial charge in [-0.3, -0.25) is 0 Å². The molecule has 0 heterocycles. The molecular formula is C12H16F2O2. The Morgan fingerprint density at radius 2 is 1.94 bits per heavy atom. The normalized spacial score (nSPS) is 10.9. The summed E-state index contributed by atoms with van der Waals surface area (Å²) in [5, 5.41) is 0. The van der Waals surface area contributed by atoms with Crippen molar-refractivity contribution in [2.75, 3.05) is 6.61 Å². The molecule has 0 spiro atoms. The Labute approximate surface area is 94.2 Å². The van der Waals surface area contributed by atoms with E-state index in [9.17, 15) is 8.78 Å². The monoisotopic (exact) mass is 230 g/mol. The van der Waals surface area contributed by atoms with E-state index >= 15 is 0 Å². The fourth-order valence-electron chi connectivity index (χ4n) is 1.48. The van der Waals surface area contributed by atoms with Gasteiger partial charge in [0.1, 0.15) is 0 Å². The van der Waals surface area contributed by atoms with E-state index in [4.69, 9.17) is 4.74 Å². The van der Waals surface area contributed by atoms with Crippen molar-refractivity contribution in [3.63, 3.8) is 0 Å². The molecule has 2 nitrogen and oxygen atoms in total. The van der Waals surface area contributed by atoms with Gasteiger partial charge in [-0.25, -0.2) is 0 Å². The average molecular weight is 230 g/mol. The third kappa shape index (κ3) is 3.08. The second-order valence-corrected chi connectivity index (χ2v) is 3.64. The predicted molar refractivity (Wildman–Crippen MR) is 58.3 cm³/mol. The van der Waals surface area contributed by atoms with Crippen molar-refractivity contribution in [2.24, 2.45) is 0 Å². The molecule has 0 amide bonds. The van der Waals surface area contributed by atoms with Crippen LogP contribution in [0.15, 0.2) is 18.2 Å². The van der Waals surface area contributed by atoms with E-state index in [2.05, 4.69) is 4.74 Å². The molecule has 0 aliphatic heterocycles. The molecule has 1 aromatic carbocycles. The first-order valence-electron chi connectivity index (χ1n) is 5.26. The Hall–Kier alpha value is -1.32. The Morgan fingerprint density at radius 1 is 1.25 bits per heavy atom. The number of halogens is 2. The van der Waals surface area contributed by atoms with Gasteiger partial charge in [-0.2, -0.15) is 8.78 Å². The number of hydrogen-bond donors (Lipinski definition) is 0. The first-order chi connectivity index (χ1) is 7.56. The van der Waals surface area contributed by atoms with Gasteiger partial charge >= 0.3 is 6.61 Å². The topological polar surface area (TPSA) is 18.5 Å². The largest absolute Gasteiger partial charge is 0.490 e. The molecule has 0 radical (unpaired) electrons. The van der Waals surface area contributed by atoms with E-state index < -0.39 is 6.61 Å². The maximum absolute atomic E-state index is 12.2. The molecule has 0 aliphatic carbocycles. The molecule has 1 aromatic rings. The van der Waals surface area contributed by atoms with Crippen LogP contribution >= 0.6 is 0 Å². The molecular weight excluding hydrogens is 214 g/mol. The standard InChI is InChI=1S/C12H16F2O2/c1-4-15-11-9(8(2)3)6-5-7-10(11)16-12(13)14/h5-8,12H,4H2,1-3H3. The maximum atomic E-state index is 12.2. The molecule has 16 heavy (non-hydrogen) atoms. The van der Waals surface area contributed by atoms with Crippen molar-refractivity contribution in [1.82, 2.24) is 0 Å². The van der Waals surface area contributed by atoms with E-state index in [0.717, 1.165) is 5.56 Å². The Balaban J connectivity index is 3.10. The van der Waals surface area contributed by atoms with Gasteiger partial charge in [-0.1, -0.05) is 26.0 Å². The highest BCUT2D eigenvalue weighted by atomic mass is 19.3. The highest BCUT2D eigenvalue weighted by Crippen LogP contribution is 2.36. The van der Waals surface area contributed by atoms with Crippen molar-refractivity contribution in [1.29, 1.82) is 0 Å². The second-order valence-electron chi connectivity index (χ2n) is 3.64. The van der Waals surface area contributed by atoms with Crippen LogP contribution in [0.4, 0.5) is 8.78 Å². The van der Waals surface area contributed by atoms with Crippen molar-refractivity contribution >= 4 is 0 Å². The van der Waals surface area contributed by atoms with Crippen LogP contribution in [0.2, 0.25) is 0 Å². The minimum atomic E-state index is -2.83. The smallest absolute Gasteiger partial charge is 0.387 e. The molecule has 0 fully saturated rings. The summed E-state index contributed by atoms with van der Waals surface area (Å²) in [6.45, 7) is 3.35. The quantitative estimate of drug-likeness (QED) is 0.765. The van der Waals surface area contributed by atoms with Gasteiger partial charge in [0.15, 0.2) is 11.5 Å². The number of benzene rings is 1. The summed E-state index contributed by atoms with van der Waals surface area (Å²) in [5.41, 5.74) is 0.875. The fraction of sp³-hybridized carbons (Fsp3) is 0.500. The van der Waals surface area contributed by atoms with Gasteiger partial charge in [0.25, 0.3) is 0 Å². The van der Waals surface area contributed by atoms with Crippen LogP contribution in [0, 0.1) is 0 Å².